The number of carboxylic acids is 1. The van der Waals surface area contributed by atoms with Crippen LogP contribution < -0.4 is 40.2 Å². The zero-order valence-electron chi connectivity index (χ0n) is 18.2. The number of carboxylic acid groups (broad SMARTS) is 1. The van der Waals surface area contributed by atoms with E-state index in [4.69, 9.17) is 0 Å². The molecule has 0 spiro atoms. The fourth-order valence-electron chi connectivity index (χ4n) is 3.14. The molecule has 2 aromatic rings. The molecule has 0 aliphatic carbocycles. The fraction of sp³-hybridized carbons (Fsp3) is 0.182. The van der Waals surface area contributed by atoms with Crippen LogP contribution in [0.3, 0.4) is 0 Å². The molecule has 3 amide bonds. The summed E-state index contributed by atoms with van der Waals surface area (Å²) in [4.78, 5) is 49.1. The number of carbonyl (C=O) groups is 4. The second-order valence-corrected chi connectivity index (χ2v) is 6.86. The summed E-state index contributed by atoms with van der Waals surface area (Å²) < 4.78 is 0. The van der Waals surface area contributed by atoms with Crippen molar-refractivity contribution in [1.29, 1.82) is 0 Å². The number of hydrogen-bond donors (Lipinski definition) is 3. The quantitative estimate of drug-likeness (QED) is 0.410. The Bertz CT molecular complexity index is 1020. The Hall–Kier alpha value is -2.94. The Morgan fingerprint density at radius 1 is 1.10 bits per heavy atom. The van der Waals surface area contributed by atoms with Crippen LogP contribution in [-0.4, -0.2) is 46.8 Å². The van der Waals surface area contributed by atoms with E-state index >= 15 is 0 Å². The van der Waals surface area contributed by atoms with Crippen molar-refractivity contribution in [2.24, 2.45) is 0 Å². The molecule has 2 atom stereocenters. The molecule has 1 heterocycles. The van der Waals surface area contributed by atoms with Gasteiger partial charge in [-0.05, 0) is 22.8 Å². The van der Waals surface area contributed by atoms with Gasteiger partial charge in [-0.3, -0.25) is 14.4 Å². The van der Waals surface area contributed by atoms with Gasteiger partial charge in [0.2, 0.25) is 0 Å². The number of amides is 3. The second-order valence-electron chi connectivity index (χ2n) is 6.86. The molecule has 0 aromatic heterocycles. The third-order valence-corrected chi connectivity index (χ3v) is 4.70. The van der Waals surface area contributed by atoms with Gasteiger partial charge in [-0.1, -0.05) is 48.5 Å². The molecule has 0 saturated heterocycles. The van der Waals surface area contributed by atoms with Gasteiger partial charge in [-0.15, -0.1) is 0 Å². The first-order chi connectivity index (χ1) is 14.3. The summed E-state index contributed by atoms with van der Waals surface area (Å²) in [6, 6.07) is 13.7. The molecule has 3 N–H and O–H groups in total. The van der Waals surface area contributed by atoms with Crippen molar-refractivity contribution in [2.75, 3.05) is 7.05 Å². The first-order valence-corrected chi connectivity index (χ1v) is 9.28. The maximum Gasteiger partial charge on any atom is 1.00 e. The molecule has 1 aliphatic rings. The molecular formula is C22H22N3NaO5. The van der Waals surface area contributed by atoms with Gasteiger partial charge in [0.1, 0.15) is 0 Å². The van der Waals surface area contributed by atoms with Gasteiger partial charge in [-0.2, -0.15) is 0 Å². The maximum atomic E-state index is 12.5. The summed E-state index contributed by atoms with van der Waals surface area (Å²) in [5.41, 5.74) is 2.41. The average molecular weight is 431 g/mol. The van der Waals surface area contributed by atoms with Crippen LogP contribution in [0.2, 0.25) is 0 Å². The number of benzene rings is 2. The van der Waals surface area contributed by atoms with Crippen LogP contribution in [0.4, 0.5) is 4.79 Å². The Morgan fingerprint density at radius 3 is 2.45 bits per heavy atom. The smallest absolute Gasteiger partial charge is 1.00 e. The molecule has 2 unspecified atom stereocenters. The van der Waals surface area contributed by atoms with E-state index in [1.807, 2.05) is 36.4 Å². The zero-order valence-corrected chi connectivity index (χ0v) is 19.2. The number of urea groups is 1. The monoisotopic (exact) mass is 431 g/mol. The van der Waals surface area contributed by atoms with Crippen molar-refractivity contribution in [3.8, 4) is 11.1 Å². The van der Waals surface area contributed by atoms with Gasteiger partial charge in [0.25, 0.3) is 5.91 Å². The van der Waals surface area contributed by atoms with Crippen LogP contribution in [-0.2, 0) is 14.4 Å². The molecular weight excluding hydrogens is 409 g/mol. The van der Waals surface area contributed by atoms with Crippen molar-refractivity contribution in [3.05, 3.63) is 72.4 Å². The van der Waals surface area contributed by atoms with Gasteiger partial charge in [-0.25, -0.2) is 4.79 Å². The van der Waals surface area contributed by atoms with Crippen LogP contribution in [0.1, 0.15) is 19.5 Å². The van der Waals surface area contributed by atoms with E-state index in [0.717, 1.165) is 11.1 Å². The van der Waals surface area contributed by atoms with Crippen molar-refractivity contribution in [1.82, 2.24) is 15.5 Å². The van der Waals surface area contributed by atoms with Crippen LogP contribution in [0, 0.1) is 0 Å². The van der Waals surface area contributed by atoms with Crippen LogP contribution in [0.25, 0.3) is 11.1 Å². The Morgan fingerprint density at radius 2 is 1.77 bits per heavy atom. The third-order valence-electron chi connectivity index (χ3n) is 4.70. The summed E-state index contributed by atoms with van der Waals surface area (Å²) in [5, 5.41) is 14.2. The number of carbonyl (C=O) groups excluding carboxylic acids is 3. The first kappa shape index (κ1) is 24.3. The number of rotatable bonds is 6. The molecule has 0 bridgehead atoms. The zero-order chi connectivity index (χ0) is 21.7. The van der Waals surface area contributed by atoms with E-state index in [2.05, 4.69) is 10.6 Å². The molecule has 1 aliphatic heterocycles. The van der Waals surface area contributed by atoms with Crippen LogP contribution >= 0.6 is 0 Å². The topological polar surface area (TPSA) is 116 Å². The van der Waals surface area contributed by atoms with E-state index < -0.39 is 35.8 Å². The molecule has 0 saturated carbocycles. The Balaban J connectivity index is 0.00000256. The largest absolute Gasteiger partial charge is 1.00 e. The van der Waals surface area contributed by atoms with E-state index in [1.54, 1.807) is 18.2 Å². The van der Waals surface area contributed by atoms with E-state index in [0.29, 0.717) is 5.56 Å². The summed E-state index contributed by atoms with van der Waals surface area (Å²) in [6.45, 7) is 0. The minimum Gasteiger partial charge on any atom is -1.00 e. The predicted octanol–water partition coefficient (Wildman–Crippen LogP) is -0.791. The molecule has 8 nitrogen and oxygen atoms in total. The summed E-state index contributed by atoms with van der Waals surface area (Å²) in [5.74, 6) is -2.22. The average Bonchev–Trinajstić information content (AvgIpc) is 2.74. The predicted molar refractivity (Wildman–Crippen MR) is 110 cm³/mol. The molecule has 3 rings (SSSR count). The molecule has 31 heavy (non-hydrogen) atoms. The Labute approximate surface area is 203 Å². The van der Waals surface area contributed by atoms with Crippen molar-refractivity contribution in [3.63, 3.8) is 0 Å². The molecule has 2 aromatic carbocycles. The number of hydrogen-bond acceptors (Lipinski definition) is 4. The number of likely N-dealkylation sites (N-methyl/N-ethyl adjacent to an activating group) is 1. The molecule has 156 valence electrons. The molecule has 9 heteroatoms. The van der Waals surface area contributed by atoms with Crippen LogP contribution in [0.5, 0.6) is 0 Å². The van der Waals surface area contributed by atoms with Gasteiger partial charge in [0.15, 0.2) is 11.8 Å². The number of ketones is 1. The first-order valence-electron chi connectivity index (χ1n) is 9.28. The van der Waals surface area contributed by atoms with E-state index in [1.165, 1.54) is 24.2 Å². The number of nitrogens with zero attached hydrogens (tertiary/aromatic N) is 1. The van der Waals surface area contributed by atoms with E-state index in [-0.39, 0.29) is 37.4 Å². The number of aliphatic carboxylic acids is 1. The van der Waals surface area contributed by atoms with Gasteiger partial charge in [0, 0.05) is 19.3 Å². The summed E-state index contributed by atoms with van der Waals surface area (Å²) >= 11 is 0. The Kier molecular flexibility index (Phi) is 8.56. The SMILES string of the molecule is CN1C=CC(=O)C(NC(=O)NC(CC(=O)O)c2cccc(-c3ccccc3)c2)C1=O.[H-].[Na+]. The van der Waals surface area contributed by atoms with Crippen molar-refractivity contribution in [2.45, 2.75) is 18.5 Å². The second kappa shape index (κ2) is 10.9. The minimum atomic E-state index is -1.35. The number of nitrogens with one attached hydrogen (secondary N) is 2. The van der Waals surface area contributed by atoms with Crippen LogP contribution in [0.15, 0.2) is 66.9 Å². The summed E-state index contributed by atoms with van der Waals surface area (Å²) in [7, 11) is 1.47. The maximum absolute atomic E-state index is 12.5. The van der Waals surface area contributed by atoms with Gasteiger partial charge < -0.3 is 22.1 Å². The van der Waals surface area contributed by atoms with E-state index in [9.17, 15) is 24.3 Å². The van der Waals surface area contributed by atoms with Gasteiger partial charge >= 0.3 is 41.6 Å². The minimum absolute atomic E-state index is 0. The molecule has 0 fully saturated rings. The standard InChI is InChI=1S/C22H21N3O5.Na.H/c1-25-11-10-18(26)20(21(25)29)24-22(30)23-17(13-19(27)28)16-9-5-8-15(12-16)14-6-3-2-4-7-14;;/h2-12,17,20H,13H2,1H3,(H,27,28)(H2,23,24,30);;/q;+1;-1. The van der Waals surface area contributed by atoms with Crippen molar-refractivity contribution >= 4 is 23.7 Å². The fourth-order valence-corrected chi connectivity index (χ4v) is 3.14. The normalized spacial score (nSPS) is 16.3. The summed E-state index contributed by atoms with van der Waals surface area (Å²) in [6.07, 6.45) is 2.16. The molecule has 0 radical (unpaired) electrons. The van der Waals surface area contributed by atoms with Crippen molar-refractivity contribution < 1.29 is 55.3 Å². The van der Waals surface area contributed by atoms with Gasteiger partial charge in [0.05, 0.1) is 12.5 Å². The third kappa shape index (κ3) is 6.27.